The number of para-hydroxylation sites is 1. The van der Waals surface area contributed by atoms with Crippen LogP contribution < -0.4 is 4.90 Å². The maximum Gasteiger partial charge on any atom is 0.395 e. The van der Waals surface area contributed by atoms with E-state index in [1.54, 1.807) is 18.2 Å². The number of aromatic nitrogens is 1. The largest absolute Gasteiger partial charge is 0.395 e. The lowest BCUT2D eigenvalue weighted by Gasteiger charge is -2.41. The van der Waals surface area contributed by atoms with E-state index < -0.39 is 12.1 Å². The molecule has 0 atom stereocenters. The summed E-state index contributed by atoms with van der Waals surface area (Å²) in [5, 5.41) is 9.94. The van der Waals surface area contributed by atoms with Gasteiger partial charge in [-0.2, -0.15) is 18.4 Å². The predicted molar refractivity (Wildman–Crippen MR) is 68.2 cm³/mol. The molecule has 0 N–H and O–H groups in total. The van der Waals surface area contributed by atoms with Gasteiger partial charge in [-0.1, -0.05) is 18.2 Å². The molecule has 2 aromatic rings. The Morgan fingerprint density at radius 2 is 1.95 bits per heavy atom. The normalized spacial score (nSPS) is 16.0. The minimum Gasteiger partial charge on any atom is -0.354 e. The number of halogens is 3. The third-order valence-electron chi connectivity index (χ3n) is 3.47. The quantitative estimate of drug-likeness (QED) is 0.804. The number of fused-ring (bicyclic) bond motifs is 1. The molecule has 0 amide bonds. The van der Waals surface area contributed by atoms with Crippen LogP contribution in [0.3, 0.4) is 0 Å². The molecule has 2 heterocycles. The summed E-state index contributed by atoms with van der Waals surface area (Å²) >= 11 is 0. The Hall–Kier alpha value is -2.29. The molecule has 102 valence electrons. The fraction of sp³-hybridized carbons (Fsp3) is 0.286. The zero-order chi connectivity index (χ0) is 14.3. The van der Waals surface area contributed by atoms with Crippen molar-refractivity contribution in [1.29, 1.82) is 5.26 Å². The number of benzene rings is 1. The summed E-state index contributed by atoms with van der Waals surface area (Å²) in [6.07, 6.45) is -4.18. The topological polar surface area (TPSA) is 39.9 Å². The summed E-state index contributed by atoms with van der Waals surface area (Å²) in [5.74, 6) is -0.992. The van der Waals surface area contributed by atoms with Gasteiger partial charge >= 0.3 is 6.18 Å². The summed E-state index contributed by atoms with van der Waals surface area (Å²) in [6, 6.07) is 10.9. The van der Waals surface area contributed by atoms with Gasteiger partial charge in [-0.05, 0) is 12.1 Å². The highest BCUT2D eigenvalue weighted by Crippen LogP contribution is 2.37. The molecule has 1 aliphatic rings. The van der Waals surface area contributed by atoms with Crippen LogP contribution in [0.1, 0.15) is 5.56 Å². The first-order chi connectivity index (χ1) is 9.49. The van der Waals surface area contributed by atoms with Crippen molar-refractivity contribution in [2.24, 2.45) is 5.92 Å². The van der Waals surface area contributed by atoms with Gasteiger partial charge in [-0.25, -0.2) is 4.98 Å². The maximum atomic E-state index is 12.5. The highest BCUT2D eigenvalue weighted by atomic mass is 19.4. The van der Waals surface area contributed by atoms with E-state index in [4.69, 9.17) is 5.26 Å². The summed E-state index contributed by atoms with van der Waals surface area (Å²) in [7, 11) is 0. The summed E-state index contributed by atoms with van der Waals surface area (Å²) in [4.78, 5) is 5.82. The second-order valence-electron chi connectivity index (χ2n) is 4.81. The Morgan fingerprint density at radius 3 is 2.60 bits per heavy atom. The molecule has 3 rings (SSSR count). The van der Waals surface area contributed by atoms with E-state index in [9.17, 15) is 13.2 Å². The Labute approximate surface area is 113 Å². The highest BCUT2D eigenvalue weighted by Gasteiger charge is 2.47. The number of hydrogen-bond acceptors (Lipinski definition) is 3. The zero-order valence-corrected chi connectivity index (χ0v) is 10.4. The minimum absolute atomic E-state index is 0.135. The van der Waals surface area contributed by atoms with E-state index in [-0.39, 0.29) is 13.1 Å². The third kappa shape index (κ3) is 2.05. The standard InChI is InChI=1S/C14H10F3N3/c15-14(16,17)11-7-20(8-11)13-10(6-18)5-9-3-1-2-4-12(9)19-13/h1-5,11H,7-8H2. The number of pyridine rings is 1. The molecule has 1 aromatic heterocycles. The third-order valence-corrected chi connectivity index (χ3v) is 3.47. The first-order valence-corrected chi connectivity index (χ1v) is 6.10. The molecule has 20 heavy (non-hydrogen) atoms. The number of hydrogen-bond donors (Lipinski definition) is 0. The van der Waals surface area contributed by atoms with E-state index in [0.717, 1.165) is 5.39 Å². The molecule has 1 saturated heterocycles. The maximum absolute atomic E-state index is 12.5. The fourth-order valence-electron chi connectivity index (χ4n) is 2.29. The van der Waals surface area contributed by atoms with E-state index in [1.807, 2.05) is 18.2 Å². The van der Waals surface area contributed by atoms with Crippen molar-refractivity contribution in [2.45, 2.75) is 6.18 Å². The lowest BCUT2D eigenvalue weighted by molar-refractivity contribution is -0.180. The van der Waals surface area contributed by atoms with E-state index in [2.05, 4.69) is 4.98 Å². The lowest BCUT2D eigenvalue weighted by atomic mass is 9.98. The SMILES string of the molecule is N#Cc1cc2ccccc2nc1N1CC(C(F)(F)F)C1. The molecule has 0 bridgehead atoms. The van der Waals surface area contributed by atoms with Crippen LogP contribution in [0.2, 0.25) is 0 Å². The minimum atomic E-state index is -4.18. The second kappa shape index (κ2) is 4.37. The summed E-state index contributed by atoms with van der Waals surface area (Å²) in [5.41, 5.74) is 0.987. The van der Waals surface area contributed by atoms with Crippen molar-refractivity contribution in [2.75, 3.05) is 18.0 Å². The molecule has 0 spiro atoms. The number of anilines is 1. The lowest BCUT2D eigenvalue weighted by Crippen LogP contribution is -2.54. The van der Waals surface area contributed by atoms with Crippen LogP contribution in [-0.2, 0) is 0 Å². The van der Waals surface area contributed by atoms with Crippen LogP contribution in [0.25, 0.3) is 10.9 Å². The number of rotatable bonds is 1. The van der Waals surface area contributed by atoms with Gasteiger partial charge in [0, 0.05) is 18.5 Å². The Kier molecular flexibility index (Phi) is 2.78. The van der Waals surface area contributed by atoms with Crippen LogP contribution in [0.15, 0.2) is 30.3 Å². The van der Waals surface area contributed by atoms with Crippen molar-refractivity contribution in [3.05, 3.63) is 35.9 Å². The highest BCUT2D eigenvalue weighted by molar-refractivity contribution is 5.83. The van der Waals surface area contributed by atoms with Gasteiger partial charge in [0.05, 0.1) is 17.0 Å². The summed E-state index contributed by atoms with van der Waals surface area (Å²) in [6.45, 7) is -0.271. The monoisotopic (exact) mass is 277 g/mol. The van der Waals surface area contributed by atoms with Crippen molar-refractivity contribution in [3.8, 4) is 6.07 Å². The second-order valence-corrected chi connectivity index (χ2v) is 4.81. The molecule has 1 fully saturated rings. The van der Waals surface area contributed by atoms with Gasteiger partial charge in [-0.3, -0.25) is 0 Å². The van der Waals surface area contributed by atoms with E-state index >= 15 is 0 Å². The Morgan fingerprint density at radius 1 is 1.25 bits per heavy atom. The van der Waals surface area contributed by atoms with Crippen LogP contribution in [0, 0.1) is 17.2 Å². The predicted octanol–water partition coefficient (Wildman–Crippen LogP) is 3.10. The van der Waals surface area contributed by atoms with Crippen LogP contribution >= 0.6 is 0 Å². The van der Waals surface area contributed by atoms with Gasteiger partial charge in [-0.15, -0.1) is 0 Å². The van der Waals surface area contributed by atoms with E-state index in [0.29, 0.717) is 16.9 Å². The molecule has 0 aliphatic carbocycles. The Bertz CT molecular complexity index is 697. The van der Waals surface area contributed by atoms with Gasteiger partial charge in [0.25, 0.3) is 0 Å². The van der Waals surface area contributed by atoms with Crippen molar-refractivity contribution >= 4 is 16.7 Å². The molecule has 0 unspecified atom stereocenters. The zero-order valence-electron chi connectivity index (χ0n) is 10.4. The van der Waals surface area contributed by atoms with Gasteiger partial charge in [0.2, 0.25) is 0 Å². The van der Waals surface area contributed by atoms with Gasteiger partial charge in [0.15, 0.2) is 0 Å². The summed E-state index contributed by atoms with van der Waals surface area (Å²) < 4.78 is 37.5. The molecule has 6 heteroatoms. The molecule has 1 aliphatic heterocycles. The van der Waals surface area contributed by atoms with E-state index in [1.165, 1.54) is 4.90 Å². The average Bonchev–Trinajstić information content (AvgIpc) is 2.34. The number of alkyl halides is 3. The van der Waals surface area contributed by atoms with Gasteiger partial charge in [0.1, 0.15) is 11.9 Å². The van der Waals surface area contributed by atoms with Crippen LogP contribution in [0.5, 0.6) is 0 Å². The molecule has 0 saturated carbocycles. The first-order valence-electron chi connectivity index (χ1n) is 6.10. The molecule has 0 radical (unpaired) electrons. The average molecular weight is 277 g/mol. The molecular weight excluding hydrogens is 267 g/mol. The van der Waals surface area contributed by atoms with Crippen LogP contribution in [0.4, 0.5) is 19.0 Å². The number of nitrogens with zero attached hydrogens (tertiary/aromatic N) is 3. The van der Waals surface area contributed by atoms with Crippen molar-refractivity contribution in [1.82, 2.24) is 4.98 Å². The smallest absolute Gasteiger partial charge is 0.354 e. The first kappa shape index (κ1) is 12.7. The molecular formula is C14H10F3N3. The van der Waals surface area contributed by atoms with Crippen molar-refractivity contribution in [3.63, 3.8) is 0 Å². The van der Waals surface area contributed by atoms with Gasteiger partial charge < -0.3 is 4.90 Å². The molecule has 1 aromatic carbocycles. The molecule has 3 nitrogen and oxygen atoms in total. The van der Waals surface area contributed by atoms with Crippen LogP contribution in [-0.4, -0.2) is 24.2 Å². The Balaban J connectivity index is 1.95. The fourth-order valence-corrected chi connectivity index (χ4v) is 2.29. The number of nitriles is 1. The van der Waals surface area contributed by atoms with Crippen molar-refractivity contribution < 1.29 is 13.2 Å².